The molecule has 0 spiro atoms. The van der Waals surface area contributed by atoms with Gasteiger partial charge < -0.3 is 11.1 Å². The highest BCUT2D eigenvalue weighted by Gasteiger charge is 2.25. The summed E-state index contributed by atoms with van der Waals surface area (Å²) in [5.41, 5.74) is 6.03. The zero-order chi connectivity index (χ0) is 12.9. The summed E-state index contributed by atoms with van der Waals surface area (Å²) in [5, 5.41) is 3.14. The fourth-order valence-corrected chi connectivity index (χ4v) is 1.39. The molecular weight excluding hydrogens is 255 g/mol. The lowest BCUT2D eigenvalue weighted by molar-refractivity contribution is -0.135. The van der Waals surface area contributed by atoms with Gasteiger partial charge in [-0.25, -0.2) is 4.98 Å². The fraction of sp³-hybridized carbons (Fsp3) is 0.500. The molecule has 1 rings (SSSR count). The summed E-state index contributed by atoms with van der Waals surface area (Å²) in [6.45, 7) is 0.383. The molecular formula is C10H13ClF3N3. The Hall–Kier alpha value is -1.17. The molecule has 3 N–H and O–H groups in total. The zero-order valence-electron chi connectivity index (χ0n) is 9.02. The SMILES string of the molecule is Nc1ccc(Cl)nc1NCCCCC(F)(F)F. The van der Waals surface area contributed by atoms with E-state index in [0.29, 0.717) is 24.5 Å². The second-order valence-corrected chi connectivity index (χ2v) is 3.96. The fourth-order valence-electron chi connectivity index (χ4n) is 1.24. The molecule has 1 heterocycles. The molecule has 0 aromatic carbocycles. The second-order valence-electron chi connectivity index (χ2n) is 3.57. The van der Waals surface area contributed by atoms with Crippen molar-refractivity contribution in [3.8, 4) is 0 Å². The van der Waals surface area contributed by atoms with E-state index in [4.69, 9.17) is 17.3 Å². The van der Waals surface area contributed by atoms with E-state index in [1.165, 1.54) is 0 Å². The van der Waals surface area contributed by atoms with Crippen LogP contribution in [0.4, 0.5) is 24.7 Å². The molecule has 0 saturated carbocycles. The van der Waals surface area contributed by atoms with Crippen LogP contribution in [0, 0.1) is 0 Å². The summed E-state index contributed by atoms with van der Waals surface area (Å²) in [6.07, 6.45) is -4.38. The smallest absolute Gasteiger partial charge is 0.389 e. The van der Waals surface area contributed by atoms with Crippen LogP contribution in [0.5, 0.6) is 0 Å². The third-order valence-corrected chi connectivity index (χ3v) is 2.28. The molecule has 0 unspecified atom stereocenters. The maximum atomic E-state index is 11.9. The summed E-state index contributed by atoms with van der Waals surface area (Å²) >= 11 is 5.66. The van der Waals surface area contributed by atoms with Crippen LogP contribution in [0.25, 0.3) is 0 Å². The average molecular weight is 268 g/mol. The van der Waals surface area contributed by atoms with Crippen LogP contribution < -0.4 is 11.1 Å². The van der Waals surface area contributed by atoms with Crippen LogP contribution in [0.2, 0.25) is 5.15 Å². The van der Waals surface area contributed by atoms with Gasteiger partial charge in [-0.1, -0.05) is 11.6 Å². The molecule has 0 bridgehead atoms. The predicted molar refractivity (Wildman–Crippen MR) is 62.1 cm³/mol. The molecule has 0 aliphatic heterocycles. The second kappa shape index (κ2) is 5.95. The third kappa shape index (κ3) is 5.63. The van der Waals surface area contributed by atoms with Gasteiger partial charge in [-0.05, 0) is 25.0 Å². The average Bonchev–Trinajstić information content (AvgIpc) is 2.21. The van der Waals surface area contributed by atoms with Crippen molar-refractivity contribution >= 4 is 23.1 Å². The Bertz CT molecular complexity index is 368. The van der Waals surface area contributed by atoms with Gasteiger partial charge in [0.25, 0.3) is 0 Å². The van der Waals surface area contributed by atoms with Crippen LogP contribution in [0.15, 0.2) is 12.1 Å². The summed E-state index contributed by atoms with van der Waals surface area (Å²) in [7, 11) is 0. The summed E-state index contributed by atoms with van der Waals surface area (Å²) in [4.78, 5) is 3.93. The number of aromatic nitrogens is 1. The van der Waals surface area contributed by atoms with Crippen molar-refractivity contribution in [3.63, 3.8) is 0 Å². The maximum Gasteiger partial charge on any atom is 0.389 e. The monoisotopic (exact) mass is 267 g/mol. The number of alkyl halides is 3. The Kier molecular flexibility index (Phi) is 4.86. The molecule has 1 aromatic heterocycles. The number of nitrogen functional groups attached to an aromatic ring is 1. The van der Waals surface area contributed by atoms with Crippen molar-refractivity contribution in [2.75, 3.05) is 17.6 Å². The molecule has 0 amide bonds. The molecule has 0 saturated heterocycles. The first-order valence-corrected chi connectivity index (χ1v) is 5.49. The first kappa shape index (κ1) is 13.9. The number of nitrogens with one attached hydrogen (secondary N) is 1. The number of pyridine rings is 1. The lowest BCUT2D eigenvalue weighted by Crippen LogP contribution is -2.10. The summed E-state index contributed by atoms with van der Waals surface area (Å²) < 4.78 is 35.6. The quantitative estimate of drug-likeness (QED) is 0.634. The predicted octanol–water partition coefficient (Wildman–Crippen LogP) is 3.46. The van der Waals surface area contributed by atoms with Gasteiger partial charge in [0, 0.05) is 13.0 Å². The Labute approximate surface area is 102 Å². The van der Waals surface area contributed by atoms with Crippen LogP contribution in [0.1, 0.15) is 19.3 Å². The van der Waals surface area contributed by atoms with Crippen molar-refractivity contribution in [1.29, 1.82) is 0 Å². The van der Waals surface area contributed by atoms with Gasteiger partial charge >= 0.3 is 6.18 Å². The van der Waals surface area contributed by atoms with Crippen LogP contribution in [-0.2, 0) is 0 Å². The number of unbranched alkanes of at least 4 members (excludes halogenated alkanes) is 1. The van der Waals surface area contributed by atoms with Crippen molar-refractivity contribution in [2.45, 2.75) is 25.4 Å². The van der Waals surface area contributed by atoms with Gasteiger partial charge in [0.15, 0.2) is 5.82 Å². The number of anilines is 2. The minimum Gasteiger partial charge on any atom is -0.396 e. The minimum atomic E-state index is -4.09. The highest BCUT2D eigenvalue weighted by atomic mass is 35.5. The standard InChI is InChI=1S/C10H13ClF3N3/c11-8-4-3-7(15)9(17-8)16-6-2-1-5-10(12,13)14/h3-4H,1-2,5-6,15H2,(H,16,17). The molecule has 1 aromatic rings. The molecule has 96 valence electrons. The lowest BCUT2D eigenvalue weighted by atomic mass is 10.2. The molecule has 0 aliphatic rings. The van der Waals surface area contributed by atoms with Gasteiger partial charge in [0.2, 0.25) is 0 Å². The van der Waals surface area contributed by atoms with Crippen LogP contribution >= 0.6 is 11.6 Å². The highest BCUT2D eigenvalue weighted by Crippen LogP contribution is 2.22. The molecule has 17 heavy (non-hydrogen) atoms. The van der Waals surface area contributed by atoms with E-state index < -0.39 is 12.6 Å². The largest absolute Gasteiger partial charge is 0.396 e. The number of halogens is 4. The number of hydrogen-bond donors (Lipinski definition) is 2. The lowest BCUT2D eigenvalue weighted by Gasteiger charge is -2.09. The van der Waals surface area contributed by atoms with E-state index in [1.807, 2.05) is 0 Å². The van der Waals surface area contributed by atoms with E-state index in [1.54, 1.807) is 12.1 Å². The molecule has 0 radical (unpaired) electrons. The minimum absolute atomic E-state index is 0.0803. The van der Waals surface area contributed by atoms with E-state index in [0.717, 1.165) is 0 Å². The van der Waals surface area contributed by atoms with Crippen LogP contribution in [0.3, 0.4) is 0 Å². The maximum absolute atomic E-state index is 11.9. The molecule has 0 fully saturated rings. The van der Waals surface area contributed by atoms with Crippen molar-refractivity contribution < 1.29 is 13.2 Å². The van der Waals surface area contributed by atoms with Gasteiger partial charge in [0.1, 0.15) is 5.15 Å². The Morgan fingerprint density at radius 3 is 2.65 bits per heavy atom. The molecule has 0 atom stereocenters. The number of nitrogens with two attached hydrogens (primary N) is 1. The van der Waals surface area contributed by atoms with Gasteiger partial charge in [-0.3, -0.25) is 0 Å². The first-order chi connectivity index (χ1) is 7.88. The van der Waals surface area contributed by atoms with E-state index in [-0.39, 0.29) is 11.6 Å². The number of nitrogens with zero attached hydrogens (tertiary/aromatic N) is 1. The van der Waals surface area contributed by atoms with Crippen molar-refractivity contribution in [1.82, 2.24) is 4.98 Å². The highest BCUT2D eigenvalue weighted by molar-refractivity contribution is 6.29. The summed E-state index contributed by atoms with van der Waals surface area (Å²) in [5.74, 6) is 0.407. The summed E-state index contributed by atoms with van der Waals surface area (Å²) in [6, 6.07) is 3.14. The first-order valence-electron chi connectivity index (χ1n) is 5.11. The molecule has 3 nitrogen and oxygen atoms in total. The topological polar surface area (TPSA) is 50.9 Å². The zero-order valence-corrected chi connectivity index (χ0v) is 9.78. The molecule has 7 heteroatoms. The van der Waals surface area contributed by atoms with E-state index >= 15 is 0 Å². The Morgan fingerprint density at radius 2 is 2.00 bits per heavy atom. The number of hydrogen-bond acceptors (Lipinski definition) is 3. The van der Waals surface area contributed by atoms with Gasteiger partial charge in [-0.15, -0.1) is 0 Å². The Morgan fingerprint density at radius 1 is 1.29 bits per heavy atom. The van der Waals surface area contributed by atoms with Crippen molar-refractivity contribution in [3.05, 3.63) is 17.3 Å². The van der Waals surface area contributed by atoms with Crippen molar-refractivity contribution in [2.24, 2.45) is 0 Å². The molecule has 0 aliphatic carbocycles. The van der Waals surface area contributed by atoms with Gasteiger partial charge in [0.05, 0.1) is 5.69 Å². The van der Waals surface area contributed by atoms with Gasteiger partial charge in [-0.2, -0.15) is 13.2 Å². The number of rotatable bonds is 5. The van der Waals surface area contributed by atoms with Crippen LogP contribution in [-0.4, -0.2) is 17.7 Å². The van der Waals surface area contributed by atoms with E-state index in [2.05, 4.69) is 10.3 Å². The third-order valence-electron chi connectivity index (χ3n) is 2.07. The van der Waals surface area contributed by atoms with E-state index in [9.17, 15) is 13.2 Å². The Balaban J connectivity index is 2.29. The normalized spacial score (nSPS) is 11.5.